The molecule has 5 aromatic rings. The molecule has 0 aromatic heterocycles. The summed E-state index contributed by atoms with van der Waals surface area (Å²) in [5.41, 5.74) is 1.72. The maximum absolute atomic E-state index is 14.0. The number of esters is 4. The van der Waals surface area contributed by atoms with Gasteiger partial charge in [-0.1, -0.05) is 109 Å². The zero-order valence-electron chi connectivity index (χ0n) is 32.8. The maximum atomic E-state index is 14.0. The molecule has 1 heterocycles. The van der Waals surface area contributed by atoms with Crippen LogP contribution in [-0.2, 0) is 44.5 Å². The Bertz CT molecular complexity index is 2100. The van der Waals surface area contributed by atoms with E-state index in [1.807, 2.05) is 30.3 Å². The summed E-state index contributed by atoms with van der Waals surface area (Å²) in [6, 6.07) is 42.4. The fourth-order valence-electron chi connectivity index (χ4n) is 6.28. The number of carbonyl (C=O) groups excluding carboxylic acids is 4. The number of benzene rings is 5. The summed E-state index contributed by atoms with van der Waals surface area (Å²) in [5.74, 6) is -3.11. The molecule has 5 aromatic carbocycles. The Balaban J connectivity index is 1.39. The Morgan fingerprint density at radius 3 is 1.52 bits per heavy atom. The van der Waals surface area contributed by atoms with Crippen molar-refractivity contribution in [2.45, 2.75) is 49.8 Å². The molecule has 60 heavy (non-hydrogen) atoms. The molecule has 1 saturated heterocycles. The van der Waals surface area contributed by atoms with Gasteiger partial charge in [-0.3, -0.25) is 0 Å². The molecule has 12 nitrogen and oxygen atoms in total. The number of hydrogen-bond donors (Lipinski definition) is 0. The van der Waals surface area contributed by atoms with Gasteiger partial charge in [0.05, 0.1) is 48.2 Å². The summed E-state index contributed by atoms with van der Waals surface area (Å²) >= 11 is 0. The molecular weight excluding hydrogens is 769 g/mol. The van der Waals surface area contributed by atoms with Crippen LogP contribution in [0.2, 0.25) is 0 Å². The van der Waals surface area contributed by atoms with E-state index in [1.165, 1.54) is 0 Å². The predicted molar refractivity (Wildman–Crippen MR) is 219 cm³/mol. The molecule has 0 N–H and O–H groups in total. The monoisotopic (exact) mass is 814 g/mol. The van der Waals surface area contributed by atoms with E-state index < -0.39 is 67.3 Å². The number of ether oxygens (including phenoxy) is 8. The normalized spacial score (nSPS) is 19.0. The zero-order valence-corrected chi connectivity index (χ0v) is 32.8. The van der Waals surface area contributed by atoms with Crippen LogP contribution in [-0.4, -0.2) is 87.1 Å². The minimum atomic E-state index is -1.57. The lowest BCUT2D eigenvalue weighted by atomic mass is 9.97. The third kappa shape index (κ3) is 12.5. The lowest BCUT2D eigenvalue weighted by Crippen LogP contribution is -2.63. The highest BCUT2D eigenvalue weighted by atomic mass is 16.7. The predicted octanol–water partition coefficient (Wildman–Crippen LogP) is 7.44. The highest BCUT2D eigenvalue weighted by Crippen LogP contribution is 2.33. The molecule has 6 atom stereocenters. The molecule has 0 aliphatic carbocycles. The van der Waals surface area contributed by atoms with Crippen molar-refractivity contribution in [1.82, 2.24) is 0 Å². The average molecular weight is 815 g/mol. The molecule has 0 spiro atoms. The summed E-state index contributed by atoms with van der Waals surface area (Å²) < 4.78 is 49.2. The quantitative estimate of drug-likeness (QED) is 0.0334. The van der Waals surface area contributed by atoms with Crippen LogP contribution in [0.25, 0.3) is 0 Å². The number of carbonyl (C=O) groups is 4. The summed E-state index contributed by atoms with van der Waals surface area (Å²) in [5, 5.41) is 0. The topological polar surface area (TPSA) is 142 Å². The van der Waals surface area contributed by atoms with E-state index in [9.17, 15) is 19.2 Å². The fourth-order valence-corrected chi connectivity index (χ4v) is 6.28. The van der Waals surface area contributed by atoms with Crippen molar-refractivity contribution in [3.8, 4) is 0 Å². The van der Waals surface area contributed by atoms with Crippen molar-refractivity contribution < 1.29 is 57.1 Å². The third-order valence-electron chi connectivity index (χ3n) is 9.30. The van der Waals surface area contributed by atoms with Crippen molar-refractivity contribution >= 4 is 23.9 Å². The first-order chi connectivity index (χ1) is 29.4. The molecule has 0 bridgehead atoms. The summed E-state index contributed by atoms with van der Waals surface area (Å²) in [4.78, 5) is 55.0. The smallest absolute Gasteiger partial charge is 0.338 e. The first-order valence-electron chi connectivity index (χ1n) is 19.5. The van der Waals surface area contributed by atoms with E-state index in [2.05, 4.69) is 6.58 Å². The van der Waals surface area contributed by atoms with Crippen molar-refractivity contribution in [3.05, 3.63) is 192 Å². The highest BCUT2D eigenvalue weighted by Gasteiger charge is 2.54. The molecule has 12 heteroatoms. The second kappa shape index (κ2) is 22.6. The van der Waals surface area contributed by atoms with Crippen LogP contribution in [0.1, 0.15) is 53.4 Å². The van der Waals surface area contributed by atoms with E-state index >= 15 is 0 Å². The molecule has 0 saturated carbocycles. The summed E-state index contributed by atoms with van der Waals surface area (Å²) in [6.07, 6.45) is -6.29. The van der Waals surface area contributed by atoms with Crippen molar-refractivity contribution in [2.75, 3.05) is 26.4 Å². The van der Waals surface area contributed by atoms with E-state index in [4.69, 9.17) is 37.9 Å². The molecule has 0 radical (unpaired) electrons. The van der Waals surface area contributed by atoms with Gasteiger partial charge in [0, 0.05) is 6.61 Å². The van der Waals surface area contributed by atoms with Crippen LogP contribution in [0.4, 0.5) is 0 Å². The van der Waals surface area contributed by atoms with Crippen LogP contribution in [0.5, 0.6) is 0 Å². The first kappa shape index (κ1) is 43.1. The summed E-state index contributed by atoms with van der Waals surface area (Å²) in [7, 11) is 0. The Hall–Kier alpha value is -6.44. The number of rotatable bonds is 20. The van der Waals surface area contributed by atoms with Gasteiger partial charge >= 0.3 is 23.9 Å². The SMILES string of the molecule is C=CCOCCC(COCc1ccccc1)O[C@@H]1O[C@H](COC(=O)c2ccccc2)[C@@H](OC(=O)c2ccccc2)[C@H](OC(=O)c2ccccc2)[C@H]1OC(=O)c1ccccc1. The second-order valence-corrected chi connectivity index (χ2v) is 13.6. The molecule has 310 valence electrons. The average Bonchev–Trinajstić information content (AvgIpc) is 3.30. The van der Waals surface area contributed by atoms with Gasteiger partial charge < -0.3 is 37.9 Å². The summed E-state index contributed by atoms with van der Waals surface area (Å²) in [6.45, 7) is 4.05. The minimum Gasteiger partial charge on any atom is -0.459 e. The van der Waals surface area contributed by atoms with Crippen LogP contribution in [0.3, 0.4) is 0 Å². The van der Waals surface area contributed by atoms with E-state index in [-0.39, 0.29) is 55.1 Å². The van der Waals surface area contributed by atoms with Crippen LogP contribution >= 0.6 is 0 Å². The lowest BCUT2D eigenvalue weighted by molar-refractivity contribution is -0.312. The van der Waals surface area contributed by atoms with Crippen molar-refractivity contribution in [2.24, 2.45) is 0 Å². The Morgan fingerprint density at radius 1 is 0.567 bits per heavy atom. The van der Waals surface area contributed by atoms with Crippen LogP contribution in [0.15, 0.2) is 164 Å². The standard InChI is InChI=1S/C48H46O12/c1-2-29-53-30-28-39(32-54-31-34-18-8-3-9-19-34)56-48-43(60-47(52)38-26-16-7-17-27-38)42(59-46(51)37-24-14-6-15-25-37)41(58-45(50)36-22-12-5-13-23-36)40(57-48)33-55-44(49)35-20-10-4-11-21-35/h2-27,39-43,48H,1,28-33H2/t39?,40-,41-,42+,43-,48-/m1/s1. The molecule has 1 aliphatic rings. The van der Waals surface area contributed by atoms with Crippen molar-refractivity contribution in [1.29, 1.82) is 0 Å². The van der Waals surface area contributed by atoms with Crippen LogP contribution in [0, 0.1) is 0 Å². The Kier molecular flexibility index (Phi) is 16.3. The van der Waals surface area contributed by atoms with Gasteiger partial charge in [0.25, 0.3) is 0 Å². The molecular formula is C48H46O12. The number of hydrogen-bond acceptors (Lipinski definition) is 12. The lowest BCUT2D eigenvalue weighted by Gasteiger charge is -2.45. The maximum Gasteiger partial charge on any atom is 0.338 e. The van der Waals surface area contributed by atoms with Gasteiger partial charge in [-0.2, -0.15) is 0 Å². The Labute approximate surface area is 348 Å². The van der Waals surface area contributed by atoms with Gasteiger partial charge in [-0.05, 0) is 60.5 Å². The zero-order chi connectivity index (χ0) is 41.9. The largest absolute Gasteiger partial charge is 0.459 e. The van der Waals surface area contributed by atoms with E-state index in [0.717, 1.165) is 5.56 Å². The van der Waals surface area contributed by atoms with Gasteiger partial charge in [0.1, 0.15) is 12.7 Å². The minimum absolute atomic E-state index is 0.0418. The van der Waals surface area contributed by atoms with Gasteiger partial charge in [0.2, 0.25) is 0 Å². The van der Waals surface area contributed by atoms with Gasteiger partial charge in [-0.25, -0.2) is 19.2 Å². The molecule has 1 aliphatic heterocycles. The molecule has 0 amide bonds. The molecule has 1 fully saturated rings. The van der Waals surface area contributed by atoms with E-state index in [1.54, 1.807) is 127 Å². The van der Waals surface area contributed by atoms with Crippen molar-refractivity contribution in [3.63, 3.8) is 0 Å². The highest BCUT2D eigenvalue weighted by molar-refractivity contribution is 5.91. The van der Waals surface area contributed by atoms with Gasteiger partial charge in [-0.15, -0.1) is 6.58 Å². The van der Waals surface area contributed by atoms with Gasteiger partial charge in [0.15, 0.2) is 24.6 Å². The molecule has 1 unspecified atom stereocenters. The third-order valence-corrected chi connectivity index (χ3v) is 9.30. The molecule has 6 rings (SSSR count). The Morgan fingerprint density at radius 2 is 1.02 bits per heavy atom. The first-order valence-corrected chi connectivity index (χ1v) is 19.5. The van der Waals surface area contributed by atoms with Crippen LogP contribution < -0.4 is 0 Å². The van der Waals surface area contributed by atoms with E-state index in [0.29, 0.717) is 0 Å². The second-order valence-electron chi connectivity index (χ2n) is 13.6. The fraction of sp³-hybridized carbons (Fsp3) is 0.250.